The zero-order valence-corrected chi connectivity index (χ0v) is 14.7. The number of likely N-dealkylation sites (tertiary alicyclic amines) is 1. The molecular weight excluding hydrogens is 344 g/mol. The van der Waals surface area contributed by atoms with E-state index >= 15 is 0 Å². The molecular formula is C16H22N4O4S. The molecule has 2 heterocycles. The molecule has 1 atom stereocenters. The molecule has 2 aliphatic heterocycles. The van der Waals surface area contributed by atoms with Crippen molar-refractivity contribution in [3.63, 3.8) is 0 Å². The van der Waals surface area contributed by atoms with E-state index in [-0.39, 0.29) is 35.8 Å². The molecule has 25 heavy (non-hydrogen) atoms. The van der Waals surface area contributed by atoms with E-state index in [0.29, 0.717) is 25.2 Å². The number of hydrogen-bond acceptors (Lipinski definition) is 5. The van der Waals surface area contributed by atoms with Gasteiger partial charge < -0.3 is 16.0 Å². The van der Waals surface area contributed by atoms with E-state index in [0.717, 1.165) is 17.1 Å². The van der Waals surface area contributed by atoms with Crippen LogP contribution in [0.5, 0.6) is 0 Å². The van der Waals surface area contributed by atoms with Gasteiger partial charge in [-0.1, -0.05) is 0 Å². The fraction of sp³-hybridized carbons (Fsp3) is 0.500. The molecule has 0 bridgehead atoms. The fourth-order valence-corrected chi connectivity index (χ4v) is 4.51. The van der Waals surface area contributed by atoms with Crippen LogP contribution < -0.4 is 11.1 Å². The van der Waals surface area contributed by atoms with Crippen molar-refractivity contribution in [1.29, 1.82) is 0 Å². The normalized spacial score (nSPS) is 22.5. The third-order valence-electron chi connectivity index (χ3n) is 4.49. The van der Waals surface area contributed by atoms with E-state index < -0.39 is 10.0 Å². The summed E-state index contributed by atoms with van der Waals surface area (Å²) in [5.74, 6) is -0.459. The van der Waals surface area contributed by atoms with Crippen LogP contribution in [0.1, 0.15) is 23.2 Å². The van der Waals surface area contributed by atoms with Crippen molar-refractivity contribution < 1.29 is 18.0 Å². The van der Waals surface area contributed by atoms with Gasteiger partial charge in [-0.15, -0.1) is 0 Å². The molecule has 8 nitrogen and oxygen atoms in total. The predicted molar refractivity (Wildman–Crippen MR) is 91.3 cm³/mol. The number of piperidine rings is 1. The summed E-state index contributed by atoms with van der Waals surface area (Å²) in [6, 6.07) is 5.85. The first-order valence-corrected chi connectivity index (χ1v) is 9.74. The van der Waals surface area contributed by atoms with E-state index in [4.69, 9.17) is 5.73 Å². The number of nitrogens with two attached hydrogens (primary N) is 1. The van der Waals surface area contributed by atoms with Crippen LogP contribution in [0.25, 0.3) is 0 Å². The number of carbonyl (C=O) groups is 2. The van der Waals surface area contributed by atoms with Crippen LogP contribution in [-0.2, 0) is 14.8 Å². The largest absolute Gasteiger partial charge is 0.354 e. The molecule has 2 saturated heterocycles. The molecule has 136 valence electrons. The van der Waals surface area contributed by atoms with Gasteiger partial charge in [0.15, 0.2) is 0 Å². The second-order valence-corrected chi connectivity index (χ2v) is 8.30. The molecule has 2 fully saturated rings. The molecule has 3 rings (SSSR count). The van der Waals surface area contributed by atoms with Gasteiger partial charge in [-0.05, 0) is 37.1 Å². The maximum atomic E-state index is 12.6. The van der Waals surface area contributed by atoms with Crippen molar-refractivity contribution >= 4 is 21.8 Å². The first kappa shape index (κ1) is 17.8. The lowest BCUT2D eigenvalue weighted by molar-refractivity contribution is -0.122. The number of piperazine rings is 1. The molecule has 0 saturated carbocycles. The van der Waals surface area contributed by atoms with Crippen LogP contribution in [0, 0.1) is 0 Å². The van der Waals surface area contributed by atoms with Gasteiger partial charge in [0, 0.05) is 37.8 Å². The number of nitrogens with one attached hydrogen (secondary N) is 1. The maximum absolute atomic E-state index is 12.6. The highest BCUT2D eigenvalue weighted by Crippen LogP contribution is 2.19. The van der Waals surface area contributed by atoms with Gasteiger partial charge in [-0.3, -0.25) is 9.59 Å². The summed E-state index contributed by atoms with van der Waals surface area (Å²) < 4.78 is 26.3. The standard InChI is InChI=1S/C16H22N4O4S/c17-13-2-1-8-19(10-13)16(22)12-3-5-14(6-4-12)25(23,24)20-9-7-18-15(21)11-20/h3-6,13H,1-2,7-11,17H2,(H,18,21). The highest BCUT2D eigenvalue weighted by atomic mass is 32.2. The Balaban J connectivity index is 1.75. The zero-order chi connectivity index (χ0) is 18.0. The number of benzene rings is 1. The van der Waals surface area contributed by atoms with Crippen molar-refractivity contribution in [1.82, 2.24) is 14.5 Å². The van der Waals surface area contributed by atoms with E-state index in [1.165, 1.54) is 24.3 Å². The van der Waals surface area contributed by atoms with Crippen LogP contribution in [0.4, 0.5) is 0 Å². The second kappa shape index (κ2) is 7.11. The van der Waals surface area contributed by atoms with E-state index in [1.807, 2.05) is 0 Å². The molecule has 1 aromatic rings. The maximum Gasteiger partial charge on any atom is 0.253 e. The topological polar surface area (TPSA) is 113 Å². The van der Waals surface area contributed by atoms with Gasteiger partial charge in [-0.25, -0.2) is 8.42 Å². The van der Waals surface area contributed by atoms with Crippen molar-refractivity contribution in [3.8, 4) is 0 Å². The Morgan fingerprint density at radius 2 is 1.92 bits per heavy atom. The summed E-state index contributed by atoms with van der Waals surface area (Å²) in [4.78, 5) is 25.7. The lowest BCUT2D eigenvalue weighted by Gasteiger charge is -2.31. The van der Waals surface area contributed by atoms with Crippen molar-refractivity contribution in [2.24, 2.45) is 5.73 Å². The molecule has 1 unspecified atom stereocenters. The van der Waals surface area contributed by atoms with Gasteiger partial charge in [0.1, 0.15) is 0 Å². The lowest BCUT2D eigenvalue weighted by atomic mass is 10.1. The van der Waals surface area contributed by atoms with E-state index in [2.05, 4.69) is 5.32 Å². The monoisotopic (exact) mass is 366 g/mol. The molecule has 3 N–H and O–H groups in total. The Kier molecular flexibility index (Phi) is 5.07. The highest BCUT2D eigenvalue weighted by Gasteiger charge is 2.29. The number of nitrogens with zero attached hydrogens (tertiary/aromatic N) is 2. The molecule has 1 aromatic carbocycles. The van der Waals surface area contributed by atoms with Crippen LogP contribution in [0.3, 0.4) is 0 Å². The van der Waals surface area contributed by atoms with Gasteiger partial charge in [0.05, 0.1) is 11.4 Å². The molecule has 0 aromatic heterocycles. The summed E-state index contributed by atoms with van der Waals surface area (Å²) in [5, 5.41) is 2.59. The van der Waals surface area contributed by atoms with Crippen LogP contribution >= 0.6 is 0 Å². The Bertz CT molecular complexity index is 763. The summed E-state index contributed by atoms with van der Waals surface area (Å²) in [6.07, 6.45) is 1.78. The summed E-state index contributed by atoms with van der Waals surface area (Å²) in [7, 11) is -3.74. The number of amides is 2. The van der Waals surface area contributed by atoms with E-state index in [9.17, 15) is 18.0 Å². The fourth-order valence-electron chi connectivity index (χ4n) is 3.12. The molecule has 2 aliphatic rings. The molecule has 0 spiro atoms. The number of carbonyl (C=O) groups excluding carboxylic acids is 2. The number of hydrogen-bond donors (Lipinski definition) is 2. The van der Waals surface area contributed by atoms with Gasteiger partial charge in [-0.2, -0.15) is 4.31 Å². The van der Waals surface area contributed by atoms with Crippen molar-refractivity contribution in [2.45, 2.75) is 23.8 Å². The summed E-state index contributed by atoms with van der Waals surface area (Å²) >= 11 is 0. The Morgan fingerprint density at radius 1 is 1.20 bits per heavy atom. The minimum Gasteiger partial charge on any atom is -0.354 e. The first-order valence-electron chi connectivity index (χ1n) is 8.30. The number of rotatable bonds is 3. The predicted octanol–water partition coefficient (Wildman–Crippen LogP) is -0.630. The zero-order valence-electron chi connectivity index (χ0n) is 13.8. The van der Waals surface area contributed by atoms with Crippen molar-refractivity contribution in [3.05, 3.63) is 29.8 Å². The Hall–Kier alpha value is -1.97. The Morgan fingerprint density at radius 3 is 2.56 bits per heavy atom. The average molecular weight is 366 g/mol. The number of sulfonamides is 1. The van der Waals surface area contributed by atoms with Crippen LogP contribution in [0.2, 0.25) is 0 Å². The third kappa shape index (κ3) is 3.83. The minimum absolute atomic E-state index is 0.0115. The van der Waals surface area contributed by atoms with Gasteiger partial charge in [0.2, 0.25) is 15.9 Å². The van der Waals surface area contributed by atoms with Crippen LogP contribution in [-0.4, -0.2) is 68.2 Å². The quantitative estimate of drug-likeness (QED) is 0.740. The molecule has 0 radical (unpaired) electrons. The first-order chi connectivity index (χ1) is 11.9. The second-order valence-electron chi connectivity index (χ2n) is 6.37. The highest BCUT2D eigenvalue weighted by molar-refractivity contribution is 7.89. The minimum atomic E-state index is -3.74. The molecule has 2 amide bonds. The summed E-state index contributed by atoms with van der Waals surface area (Å²) in [6.45, 7) is 1.52. The molecule has 9 heteroatoms. The average Bonchev–Trinajstić information content (AvgIpc) is 2.61. The van der Waals surface area contributed by atoms with Gasteiger partial charge >= 0.3 is 0 Å². The van der Waals surface area contributed by atoms with E-state index in [1.54, 1.807) is 4.90 Å². The van der Waals surface area contributed by atoms with Crippen molar-refractivity contribution in [2.75, 3.05) is 32.7 Å². The SMILES string of the molecule is NC1CCCN(C(=O)c2ccc(S(=O)(=O)N3CCNC(=O)C3)cc2)C1. The van der Waals surface area contributed by atoms with Gasteiger partial charge in [0.25, 0.3) is 5.91 Å². The summed E-state index contributed by atoms with van der Waals surface area (Å²) in [5.41, 5.74) is 6.34. The molecule has 0 aliphatic carbocycles. The third-order valence-corrected chi connectivity index (χ3v) is 6.35. The van der Waals surface area contributed by atoms with Crippen LogP contribution in [0.15, 0.2) is 29.2 Å². The lowest BCUT2D eigenvalue weighted by Crippen LogP contribution is -2.49. The Labute approximate surface area is 147 Å². The smallest absolute Gasteiger partial charge is 0.253 e.